The first-order valence-electron chi connectivity index (χ1n) is 9.82. The van der Waals surface area contributed by atoms with E-state index >= 15 is 0 Å². The maximum absolute atomic E-state index is 5.72. The highest BCUT2D eigenvalue weighted by Gasteiger charge is 2.24. The molecule has 2 aromatic heterocycles. The van der Waals surface area contributed by atoms with E-state index in [1.54, 1.807) is 0 Å². The van der Waals surface area contributed by atoms with Gasteiger partial charge in [-0.15, -0.1) is 0 Å². The molecule has 5 heteroatoms. The number of likely N-dealkylation sites (tertiary alicyclic amines) is 1. The van der Waals surface area contributed by atoms with Crippen LogP contribution in [0.2, 0.25) is 0 Å². The minimum atomic E-state index is 0.542. The zero-order valence-corrected chi connectivity index (χ0v) is 15.8. The molecule has 0 spiro atoms. The number of aromatic nitrogens is 2. The molecule has 1 aromatic carbocycles. The van der Waals surface area contributed by atoms with E-state index in [1.165, 1.54) is 17.5 Å². The van der Waals surface area contributed by atoms with Crippen LogP contribution in [0.5, 0.6) is 11.5 Å². The Kier molecular flexibility index (Phi) is 4.67. The van der Waals surface area contributed by atoms with Crippen LogP contribution in [0, 0.1) is 0 Å². The maximum atomic E-state index is 5.72. The molecular formula is C23H23N3O2. The molecule has 5 nitrogen and oxygen atoms in total. The minimum Gasteiger partial charge on any atom is -0.486 e. The Morgan fingerprint density at radius 3 is 2.68 bits per heavy atom. The maximum Gasteiger partial charge on any atom is 0.161 e. The van der Waals surface area contributed by atoms with Crippen molar-refractivity contribution in [1.82, 2.24) is 14.9 Å². The van der Waals surface area contributed by atoms with Crippen molar-refractivity contribution in [3.63, 3.8) is 0 Å². The quantitative estimate of drug-likeness (QED) is 0.694. The summed E-state index contributed by atoms with van der Waals surface area (Å²) in [5.41, 5.74) is 4.77. The summed E-state index contributed by atoms with van der Waals surface area (Å²) in [6, 6.07) is 14.7. The van der Waals surface area contributed by atoms with Gasteiger partial charge in [-0.1, -0.05) is 6.07 Å². The molecule has 5 rings (SSSR count). The lowest BCUT2D eigenvalue weighted by molar-refractivity contribution is 0.171. The number of pyridine rings is 2. The Labute approximate surface area is 165 Å². The highest BCUT2D eigenvalue weighted by Crippen LogP contribution is 2.33. The average molecular weight is 373 g/mol. The van der Waals surface area contributed by atoms with E-state index in [9.17, 15) is 0 Å². The lowest BCUT2D eigenvalue weighted by Crippen LogP contribution is -2.20. The first kappa shape index (κ1) is 17.2. The van der Waals surface area contributed by atoms with E-state index in [-0.39, 0.29) is 0 Å². The number of fused-ring (bicyclic) bond motifs is 1. The van der Waals surface area contributed by atoms with E-state index in [0.29, 0.717) is 19.1 Å². The predicted molar refractivity (Wildman–Crippen MR) is 108 cm³/mol. The topological polar surface area (TPSA) is 47.5 Å². The summed E-state index contributed by atoms with van der Waals surface area (Å²) >= 11 is 0. The second-order valence-electron chi connectivity index (χ2n) is 7.41. The fourth-order valence-electron chi connectivity index (χ4n) is 4.07. The molecule has 2 aliphatic heterocycles. The molecule has 142 valence electrons. The van der Waals surface area contributed by atoms with Gasteiger partial charge in [0.2, 0.25) is 0 Å². The Bertz CT molecular complexity index is 961. The van der Waals surface area contributed by atoms with Gasteiger partial charge in [0.1, 0.15) is 13.2 Å². The van der Waals surface area contributed by atoms with Crippen LogP contribution < -0.4 is 9.47 Å². The molecule has 0 bridgehead atoms. The van der Waals surface area contributed by atoms with Crippen LogP contribution in [0.25, 0.3) is 11.3 Å². The highest BCUT2D eigenvalue weighted by molar-refractivity contribution is 5.59. The molecule has 0 aliphatic carbocycles. The number of rotatable bonds is 4. The van der Waals surface area contributed by atoms with Crippen LogP contribution in [0.3, 0.4) is 0 Å². The average Bonchev–Trinajstić information content (AvgIpc) is 3.23. The van der Waals surface area contributed by atoms with Gasteiger partial charge in [0.05, 0.1) is 5.69 Å². The molecule has 28 heavy (non-hydrogen) atoms. The van der Waals surface area contributed by atoms with Gasteiger partial charge in [-0.25, -0.2) is 0 Å². The summed E-state index contributed by atoms with van der Waals surface area (Å²) in [7, 11) is 0. The number of hydrogen-bond donors (Lipinski definition) is 0. The molecule has 0 N–H and O–H groups in total. The third kappa shape index (κ3) is 3.58. The van der Waals surface area contributed by atoms with E-state index in [0.717, 1.165) is 42.4 Å². The Morgan fingerprint density at radius 1 is 0.929 bits per heavy atom. The van der Waals surface area contributed by atoms with Gasteiger partial charge < -0.3 is 9.47 Å². The van der Waals surface area contributed by atoms with Crippen molar-refractivity contribution >= 4 is 0 Å². The molecule has 3 aromatic rings. The molecular weight excluding hydrogens is 350 g/mol. The first-order valence-corrected chi connectivity index (χ1v) is 9.82. The highest BCUT2D eigenvalue weighted by atomic mass is 16.6. The van der Waals surface area contributed by atoms with E-state index in [4.69, 9.17) is 9.47 Å². The largest absolute Gasteiger partial charge is 0.486 e. The predicted octanol–water partition coefficient (Wildman–Crippen LogP) is 3.90. The van der Waals surface area contributed by atoms with Crippen molar-refractivity contribution in [2.75, 3.05) is 26.3 Å². The fraction of sp³-hybridized carbons (Fsp3) is 0.304. The molecule has 0 amide bonds. The molecule has 4 heterocycles. The van der Waals surface area contributed by atoms with Crippen molar-refractivity contribution in [2.45, 2.75) is 18.9 Å². The van der Waals surface area contributed by atoms with Crippen LogP contribution in [-0.4, -0.2) is 41.2 Å². The van der Waals surface area contributed by atoms with Gasteiger partial charge in [-0.2, -0.15) is 0 Å². The number of nitrogens with zero attached hydrogens (tertiary/aromatic N) is 3. The van der Waals surface area contributed by atoms with Gasteiger partial charge in [0, 0.05) is 37.2 Å². The van der Waals surface area contributed by atoms with Crippen LogP contribution in [0.15, 0.2) is 61.1 Å². The van der Waals surface area contributed by atoms with Crippen molar-refractivity contribution in [1.29, 1.82) is 0 Å². The molecule has 1 fully saturated rings. The Morgan fingerprint density at radius 2 is 1.79 bits per heavy atom. The monoisotopic (exact) mass is 373 g/mol. The number of benzene rings is 1. The second-order valence-corrected chi connectivity index (χ2v) is 7.41. The molecule has 0 saturated carbocycles. The van der Waals surface area contributed by atoms with Crippen molar-refractivity contribution < 1.29 is 9.47 Å². The standard InChI is InChI=1S/C23H23N3O2/c1-2-22-23(28-12-11-27-22)13-17(1)15-26-10-6-20(16-26)19-5-9-25-21(14-19)18-3-7-24-8-4-18/h1-5,7-9,13-14,20H,6,10-12,15-16H2. The molecule has 1 atom stereocenters. The van der Waals surface area contributed by atoms with Crippen LogP contribution >= 0.6 is 0 Å². The van der Waals surface area contributed by atoms with Crippen molar-refractivity contribution in [2.24, 2.45) is 0 Å². The Hall–Kier alpha value is -2.92. The second kappa shape index (κ2) is 7.60. The minimum absolute atomic E-state index is 0.542. The summed E-state index contributed by atoms with van der Waals surface area (Å²) < 4.78 is 11.3. The normalized spacial score (nSPS) is 18.9. The third-order valence-corrected chi connectivity index (χ3v) is 5.52. The lowest BCUT2D eigenvalue weighted by Gasteiger charge is -2.21. The fourth-order valence-corrected chi connectivity index (χ4v) is 4.07. The summed E-state index contributed by atoms with van der Waals surface area (Å²) in [6.45, 7) is 4.37. The lowest BCUT2D eigenvalue weighted by atomic mass is 9.97. The van der Waals surface area contributed by atoms with Crippen LogP contribution in [0.4, 0.5) is 0 Å². The van der Waals surface area contributed by atoms with E-state index in [1.807, 2.05) is 36.8 Å². The van der Waals surface area contributed by atoms with E-state index < -0.39 is 0 Å². The van der Waals surface area contributed by atoms with Crippen molar-refractivity contribution in [3.8, 4) is 22.8 Å². The van der Waals surface area contributed by atoms with Gasteiger partial charge in [-0.05, 0) is 66.4 Å². The molecule has 0 radical (unpaired) electrons. The van der Waals surface area contributed by atoms with Crippen LogP contribution in [-0.2, 0) is 6.54 Å². The zero-order chi connectivity index (χ0) is 18.8. The van der Waals surface area contributed by atoms with E-state index in [2.05, 4.69) is 39.1 Å². The van der Waals surface area contributed by atoms with Gasteiger partial charge >= 0.3 is 0 Å². The first-order chi connectivity index (χ1) is 13.8. The van der Waals surface area contributed by atoms with Crippen molar-refractivity contribution in [3.05, 3.63) is 72.2 Å². The van der Waals surface area contributed by atoms with Gasteiger partial charge in [0.15, 0.2) is 11.5 Å². The van der Waals surface area contributed by atoms with Gasteiger partial charge in [0.25, 0.3) is 0 Å². The summed E-state index contributed by atoms with van der Waals surface area (Å²) in [6.07, 6.45) is 6.72. The molecule has 1 saturated heterocycles. The number of hydrogen-bond acceptors (Lipinski definition) is 5. The third-order valence-electron chi connectivity index (χ3n) is 5.52. The van der Waals surface area contributed by atoms with Crippen LogP contribution in [0.1, 0.15) is 23.5 Å². The zero-order valence-electron chi connectivity index (χ0n) is 15.8. The summed E-state index contributed by atoms with van der Waals surface area (Å²) in [5.74, 6) is 2.27. The van der Waals surface area contributed by atoms with Gasteiger partial charge in [-0.3, -0.25) is 14.9 Å². The summed E-state index contributed by atoms with van der Waals surface area (Å²) in [4.78, 5) is 11.2. The molecule has 1 unspecified atom stereocenters. The Balaban J connectivity index is 1.27. The SMILES string of the molecule is c1cc(-c2cc(C3CCN(Cc4ccc5c(c4)OCCO5)C3)ccn2)ccn1. The molecule has 2 aliphatic rings. The number of ether oxygens (including phenoxy) is 2. The smallest absolute Gasteiger partial charge is 0.161 e. The summed E-state index contributed by atoms with van der Waals surface area (Å²) in [5, 5.41) is 0.